The summed E-state index contributed by atoms with van der Waals surface area (Å²) in [6.07, 6.45) is 0. The van der Waals surface area contributed by atoms with Crippen molar-refractivity contribution in [2.24, 2.45) is 0 Å². The molecule has 0 fully saturated rings. The number of hydrogen-bond donors (Lipinski definition) is 1. The van der Waals surface area contributed by atoms with Crippen LogP contribution in [0, 0.1) is 19.9 Å². The molecule has 0 bridgehead atoms. The summed E-state index contributed by atoms with van der Waals surface area (Å²) in [6.45, 7) is 4.10. The Kier molecular flexibility index (Phi) is 10.1. The van der Waals surface area contributed by atoms with E-state index in [-0.39, 0.29) is 26.8 Å². The van der Waals surface area contributed by atoms with Crippen LogP contribution in [0.15, 0.2) is 186 Å². The first kappa shape index (κ1) is 37.7. The minimum Gasteiger partial charge on any atom is -0.507 e. The molecule has 286 valence electrons. The topological polar surface area (TPSA) is 59.2 Å². The van der Waals surface area contributed by atoms with E-state index in [1.807, 2.05) is 79.7 Å². The van der Waals surface area contributed by atoms with Crippen molar-refractivity contribution in [3.63, 3.8) is 0 Å². The van der Waals surface area contributed by atoms with Crippen LogP contribution in [0.5, 0.6) is 5.75 Å². The minimum atomic E-state index is 0. The van der Waals surface area contributed by atoms with Gasteiger partial charge in [0.2, 0.25) is 0 Å². The van der Waals surface area contributed by atoms with Gasteiger partial charge in [-0.1, -0.05) is 156 Å². The number of fused-ring (bicyclic) bond motifs is 3. The summed E-state index contributed by atoms with van der Waals surface area (Å²) in [5.74, 6) is 0.174. The maximum atomic E-state index is 11.4. The molecule has 10 aromatic rings. The van der Waals surface area contributed by atoms with Crippen LogP contribution in [0.25, 0.3) is 100 Å². The molecular formula is C54H37N2O2Pt-. The molecule has 0 aliphatic rings. The van der Waals surface area contributed by atoms with Gasteiger partial charge in [-0.2, -0.15) is 0 Å². The molecule has 3 heterocycles. The Morgan fingerprint density at radius 3 is 1.66 bits per heavy atom. The van der Waals surface area contributed by atoms with Crippen molar-refractivity contribution >= 4 is 21.9 Å². The Bertz CT molecular complexity index is 3150. The largest absolute Gasteiger partial charge is 0.507 e. The van der Waals surface area contributed by atoms with Crippen molar-refractivity contribution in [2.45, 2.75) is 13.8 Å². The number of aryl methyl sites for hydroxylation is 2. The fourth-order valence-corrected chi connectivity index (χ4v) is 7.98. The summed E-state index contributed by atoms with van der Waals surface area (Å²) in [5, 5.41) is 13.6. The van der Waals surface area contributed by atoms with Gasteiger partial charge in [0.05, 0.1) is 5.69 Å². The van der Waals surface area contributed by atoms with Gasteiger partial charge < -0.3 is 9.52 Å². The number of pyridine rings is 2. The van der Waals surface area contributed by atoms with Crippen LogP contribution in [0.1, 0.15) is 11.3 Å². The number of phenolic OH excluding ortho intramolecular Hbond substituents is 1. The second kappa shape index (κ2) is 15.8. The van der Waals surface area contributed by atoms with Crippen LogP contribution in [0.2, 0.25) is 0 Å². The summed E-state index contributed by atoms with van der Waals surface area (Å²) in [4.78, 5) is 10.2. The molecule has 10 rings (SSSR count). The third-order valence-corrected chi connectivity index (χ3v) is 10.8. The Morgan fingerprint density at radius 1 is 0.424 bits per heavy atom. The Labute approximate surface area is 357 Å². The summed E-state index contributed by atoms with van der Waals surface area (Å²) in [6, 6.07) is 65.6. The smallest absolute Gasteiger partial charge is 0.143 e. The fraction of sp³-hybridized carbons (Fsp3) is 0.0370. The molecular weight excluding hydrogens is 904 g/mol. The van der Waals surface area contributed by atoms with Gasteiger partial charge in [-0.05, 0) is 71.5 Å². The standard InChI is InChI=1S/C54H37N2O2.Pt/c1-34-13-9-18-38(27-34)39-25-26-48(52(57)33-39)51-31-42(36-14-5-3-6-15-36)30-50(56-51)41-20-10-19-40(29-41)49-32-43(28-35(2)55-49)45-22-12-24-47-46-23-11-21-44(53(46)58-54(45)47)37-16-7-4-8-17-37;/h3-28,30-33,57H,1-2H3;/q-1;. The van der Waals surface area contributed by atoms with Gasteiger partial charge in [-0.15, -0.1) is 24.3 Å². The molecule has 0 aliphatic heterocycles. The van der Waals surface area contributed by atoms with Crippen molar-refractivity contribution in [2.75, 3.05) is 0 Å². The zero-order valence-corrected chi connectivity index (χ0v) is 34.7. The molecule has 0 spiro atoms. The molecule has 0 saturated heterocycles. The zero-order valence-electron chi connectivity index (χ0n) is 32.4. The predicted octanol–water partition coefficient (Wildman–Crippen LogP) is 14.2. The van der Waals surface area contributed by atoms with Crippen LogP contribution in [0.4, 0.5) is 0 Å². The van der Waals surface area contributed by atoms with Gasteiger partial charge in [0, 0.05) is 65.6 Å². The summed E-state index contributed by atoms with van der Waals surface area (Å²) < 4.78 is 6.77. The van der Waals surface area contributed by atoms with Gasteiger partial charge in [0.25, 0.3) is 0 Å². The first-order valence-electron chi connectivity index (χ1n) is 19.4. The van der Waals surface area contributed by atoms with E-state index in [0.29, 0.717) is 11.3 Å². The normalized spacial score (nSPS) is 11.2. The third-order valence-electron chi connectivity index (χ3n) is 10.8. The number of benzene rings is 7. The number of para-hydroxylation sites is 2. The van der Waals surface area contributed by atoms with Crippen molar-refractivity contribution in [3.05, 3.63) is 199 Å². The molecule has 0 amide bonds. The maximum Gasteiger partial charge on any atom is 0.143 e. The summed E-state index contributed by atoms with van der Waals surface area (Å²) in [5.41, 5.74) is 16.6. The number of phenols is 1. The maximum absolute atomic E-state index is 11.4. The Morgan fingerprint density at radius 2 is 0.983 bits per heavy atom. The molecule has 4 nitrogen and oxygen atoms in total. The average Bonchev–Trinajstić information content (AvgIpc) is 3.66. The SMILES string of the molecule is Cc1cccc(-c2ccc(-c3cc(-c4ccccc4)cc(-c4[c-]c(-c5cc(-c6cccc7c6oc6c(-c8ccccc8)cccc67)cc(C)n5)ccc4)n3)c(O)c2)c1.[Pt]. The number of furan rings is 1. The quantitative estimate of drug-likeness (QED) is 0.162. The molecule has 0 aliphatic carbocycles. The van der Waals surface area contributed by atoms with Crippen LogP contribution >= 0.6 is 0 Å². The second-order valence-electron chi connectivity index (χ2n) is 14.8. The van der Waals surface area contributed by atoms with Crippen molar-refractivity contribution in [1.29, 1.82) is 0 Å². The van der Waals surface area contributed by atoms with E-state index in [1.165, 1.54) is 5.56 Å². The summed E-state index contributed by atoms with van der Waals surface area (Å²) >= 11 is 0. The number of aromatic hydroxyl groups is 1. The number of rotatable bonds is 7. The van der Waals surface area contributed by atoms with Crippen LogP contribution in [0.3, 0.4) is 0 Å². The van der Waals surface area contributed by atoms with Crippen molar-refractivity contribution < 1.29 is 30.6 Å². The molecule has 59 heavy (non-hydrogen) atoms. The molecule has 0 unspecified atom stereocenters. The second-order valence-corrected chi connectivity index (χ2v) is 14.8. The van der Waals surface area contributed by atoms with E-state index in [2.05, 4.69) is 122 Å². The first-order valence-corrected chi connectivity index (χ1v) is 19.4. The summed E-state index contributed by atoms with van der Waals surface area (Å²) in [7, 11) is 0. The fourth-order valence-electron chi connectivity index (χ4n) is 7.98. The van der Waals surface area contributed by atoms with Crippen LogP contribution in [-0.2, 0) is 21.1 Å². The van der Waals surface area contributed by atoms with Gasteiger partial charge in [0.1, 0.15) is 16.9 Å². The monoisotopic (exact) mass is 940 g/mol. The van der Waals surface area contributed by atoms with E-state index in [9.17, 15) is 5.11 Å². The van der Waals surface area contributed by atoms with E-state index in [4.69, 9.17) is 14.4 Å². The van der Waals surface area contributed by atoms with Crippen LogP contribution in [-0.4, -0.2) is 15.1 Å². The van der Waals surface area contributed by atoms with Crippen molar-refractivity contribution in [1.82, 2.24) is 9.97 Å². The molecule has 3 aromatic heterocycles. The first-order chi connectivity index (χ1) is 28.4. The van der Waals surface area contributed by atoms with Crippen LogP contribution < -0.4 is 0 Å². The van der Waals surface area contributed by atoms with E-state index in [1.54, 1.807) is 0 Å². The zero-order chi connectivity index (χ0) is 39.2. The number of hydrogen-bond acceptors (Lipinski definition) is 4. The average molecular weight is 941 g/mol. The minimum absolute atomic E-state index is 0. The number of nitrogens with zero attached hydrogens (tertiary/aromatic N) is 2. The molecule has 0 saturated carbocycles. The predicted molar refractivity (Wildman–Crippen MR) is 237 cm³/mol. The molecule has 7 aromatic carbocycles. The van der Waals surface area contributed by atoms with Crippen molar-refractivity contribution in [3.8, 4) is 84.0 Å². The molecule has 1 N–H and O–H groups in total. The van der Waals surface area contributed by atoms with E-state index in [0.717, 1.165) is 94.7 Å². The van der Waals surface area contributed by atoms with Gasteiger partial charge in [0.15, 0.2) is 0 Å². The Hall–Kier alpha value is -6.87. The molecule has 5 heteroatoms. The number of aromatic nitrogens is 2. The molecule has 0 atom stereocenters. The van der Waals surface area contributed by atoms with Gasteiger partial charge in [-0.3, -0.25) is 9.97 Å². The van der Waals surface area contributed by atoms with E-state index < -0.39 is 0 Å². The van der Waals surface area contributed by atoms with Gasteiger partial charge >= 0.3 is 0 Å². The Balaban J connectivity index is 0.00000449. The van der Waals surface area contributed by atoms with Gasteiger partial charge in [-0.25, -0.2) is 0 Å². The third kappa shape index (κ3) is 7.29. The van der Waals surface area contributed by atoms with E-state index >= 15 is 0 Å². The molecule has 0 radical (unpaired) electrons.